The van der Waals surface area contributed by atoms with Gasteiger partial charge in [-0.1, -0.05) is 12.1 Å². The van der Waals surface area contributed by atoms with Gasteiger partial charge in [-0.15, -0.1) is 0 Å². The highest BCUT2D eigenvalue weighted by molar-refractivity contribution is 6.00. The molecule has 3 rings (SSSR count). The van der Waals surface area contributed by atoms with Crippen LogP contribution in [0.15, 0.2) is 24.3 Å². The van der Waals surface area contributed by atoms with Crippen LogP contribution in [0.5, 0.6) is 0 Å². The molecule has 1 saturated heterocycles. The van der Waals surface area contributed by atoms with Gasteiger partial charge in [0.25, 0.3) is 0 Å². The summed E-state index contributed by atoms with van der Waals surface area (Å²) in [6, 6.07) is 8.32. The van der Waals surface area contributed by atoms with Crippen molar-refractivity contribution in [2.75, 3.05) is 37.0 Å². The molecule has 0 spiro atoms. The maximum absolute atomic E-state index is 11.4. The molecule has 1 aromatic heterocycles. The quantitative estimate of drug-likeness (QED) is 0.944. The highest BCUT2D eigenvalue weighted by atomic mass is 16.4. The summed E-state index contributed by atoms with van der Waals surface area (Å²) in [7, 11) is 4.07. The number of aliphatic carboxylic acids is 1. The summed E-state index contributed by atoms with van der Waals surface area (Å²) in [4.78, 5) is 20.3. The van der Waals surface area contributed by atoms with Crippen LogP contribution in [0, 0.1) is 12.8 Å². The predicted molar refractivity (Wildman–Crippen MR) is 93.4 cm³/mol. The molecule has 0 saturated carbocycles. The number of rotatable bonds is 3. The van der Waals surface area contributed by atoms with Gasteiger partial charge in [0.1, 0.15) is 5.82 Å². The third kappa shape index (κ3) is 2.96. The van der Waals surface area contributed by atoms with E-state index in [0.717, 1.165) is 47.4 Å². The van der Waals surface area contributed by atoms with E-state index in [1.165, 1.54) is 0 Å². The first kappa shape index (κ1) is 15.6. The van der Waals surface area contributed by atoms with Gasteiger partial charge in [0, 0.05) is 49.3 Å². The van der Waals surface area contributed by atoms with Crippen molar-refractivity contribution in [1.82, 2.24) is 4.98 Å². The van der Waals surface area contributed by atoms with Crippen LogP contribution in [-0.2, 0) is 4.79 Å². The molecule has 0 radical (unpaired) electrons. The third-order valence-electron chi connectivity index (χ3n) is 4.51. The molecule has 0 aliphatic carbocycles. The first-order valence-corrected chi connectivity index (χ1v) is 8.03. The van der Waals surface area contributed by atoms with Crippen molar-refractivity contribution in [3.8, 4) is 0 Å². The zero-order chi connectivity index (χ0) is 16.6. The maximum atomic E-state index is 11.4. The summed E-state index contributed by atoms with van der Waals surface area (Å²) < 4.78 is 0. The SMILES string of the molecule is Cc1cc2c(N(C)C)cccc2c(N2CCCC(C(=O)O)C2)n1. The van der Waals surface area contributed by atoms with Gasteiger partial charge in [-0.25, -0.2) is 4.98 Å². The number of carboxylic acids is 1. The number of hydrogen-bond acceptors (Lipinski definition) is 4. The van der Waals surface area contributed by atoms with Gasteiger partial charge >= 0.3 is 5.97 Å². The van der Waals surface area contributed by atoms with Gasteiger partial charge in [-0.05, 0) is 31.9 Å². The minimum atomic E-state index is -0.708. The lowest BCUT2D eigenvalue weighted by Crippen LogP contribution is -2.39. The Balaban J connectivity index is 2.10. The van der Waals surface area contributed by atoms with Crippen molar-refractivity contribution in [2.45, 2.75) is 19.8 Å². The first-order valence-electron chi connectivity index (χ1n) is 8.03. The Kier molecular flexibility index (Phi) is 4.11. The Bertz CT molecular complexity index is 742. The fourth-order valence-corrected chi connectivity index (χ4v) is 3.37. The van der Waals surface area contributed by atoms with Gasteiger partial charge in [0.15, 0.2) is 0 Å². The number of carbonyl (C=O) groups is 1. The molecule has 1 atom stereocenters. The number of piperidine rings is 1. The number of fused-ring (bicyclic) bond motifs is 1. The van der Waals surface area contributed by atoms with Gasteiger partial charge < -0.3 is 14.9 Å². The van der Waals surface area contributed by atoms with Crippen LogP contribution in [0.25, 0.3) is 10.8 Å². The van der Waals surface area contributed by atoms with E-state index in [2.05, 4.69) is 28.0 Å². The number of aryl methyl sites for hydroxylation is 1. The van der Waals surface area contributed by atoms with Crippen LogP contribution in [-0.4, -0.2) is 43.2 Å². The molecule has 122 valence electrons. The fraction of sp³-hybridized carbons (Fsp3) is 0.444. The summed E-state index contributed by atoms with van der Waals surface area (Å²) >= 11 is 0. The smallest absolute Gasteiger partial charge is 0.308 e. The Morgan fingerprint density at radius 2 is 2.13 bits per heavy atom. The van der Waals surface area contributed by atoms with Crippen LogP contribution in [0.4, 0.5) is 11.5 Å². The summed E-state index contributed by atoms with van der Waals surface area (Å²) in [6.07, 6.45) is 1.64. The van der Waals surface area contributed by atoms with E-state index in [-0.39, 0.29) is 5.92 Å². The Morgan fingerprint density at radius 1 is 1.35 bits per heavy atom. The van der Waals surface area contributed by atoms with E-state index in [0.29, 0.717) is 6.54 Å². The first-order chi connectivity index (χ1) is 11.0. The van der Waals surface area contributed by atoms with E-state index in [4.69, 9.17) is 4.98 Å². The van der Waals surface area contributed by atoms with Gasteiger partial charge in [0.2, 0.25) is 0 Å². The second kappa shape index (κ2) is 6.07. The standard InChI is InChI=1S/C18H23N3O2/c1-12-10-15-14(7-4-8-16(15)20(2)3)17(19-12)21-9-5-6-13(11-21)18(22)23/h4,7-8,10,13H,5-6,9,11H2,1-3H3,(H,22,23). The van der Waals surface area contributed by atoms with Crippen LogP contribution < -0.4 is 9.80 Å². The molecule has 2 aromatic rings. The maximum Gasteiger partial charge on any atom is 0.308 e. The zero-order valence-electron chi connectivity index (χ0n) is 13.9. The lowest BCUT2D eigenvalue weighted by molar-refractivity contribution is -0.141. The Labute approximate surface area is 136 Å². The van der Waals surface area contributed by atoms with E-state index in [1.54, 1.807) is 0 Å². The van der Waals surface area contributed by atoms with Crippen LogP contribution >= 0.6 is 0 Å². The van der Waals surface area contributed by atoms with Crippen molar-refractivity contribution in [1.29, 1.82) is 0 Å². The molecule has 23 heavy (non-hydrogen) atoms. The van der Waals surface area contributed by atoms with E-state index >= 15 is 0 Å². The molecule has 1 aliphatic rings. The Morgan fingerprint density at radius 3 is 2.83 bits per heavy atom. The minimum absolute atomic E-state index is 0.307. The molecule has 1 unspecified atom stereocenters. The molecule has 1 N–H and O–H groups in total. The molecule has 5 heteroatoms. The van der Waals surface area contributed by atoms with Gasteiger partial charge in [-0.3, -0.25) is 4.79 Å². The van der Waals surface area contributed by atoms with E-state index in [1.807, 2.05) is 27.1 Å². The molecule has 2 heterocycles. The summed E-state index contributed by atoms with van der Waals surface area (Å²) in [6.45, 7) is 3.39. The van der Waals surface area contributed by atoms with Crippen molar-refractivity contribution in [3.05, 3.63) is 30.0 Å². The summed E-state index contributed by atoms with van der Waals surface area (Å²) in [5.74, 6) is -0.103. The highest BCUT2D eigenvalue weighted by Gasteiger charge is 2.27. The average Bonchev–Trinajstić information content (AvgIpc) is 2.53. The Hall–Kier alpha value is -2.30. The molecule has 0 bridgehead atoms. The van der Waals surface area contributed by atoms with Crippen molar-refractivity contribution in [3.63, 3.8) is 0 Å². The summed E-state index contributed by atoms with van der Waals surface area (Å²) in [5, 5.41) is 11.6. The molecule has 0 amide bonds. The van der Waals surface area contributed by atoms with Crippen LogP contribution in [0.2, 0.25) is 0 Å². The number of nitrogens with zero attached hydrogens (tertiary/aromatic N) is 3. The predicted octanol–water partition coefficient (Wildman–Crippen LogP) is 2.91. The lowest BCUT2D eigenvalue weighted by atomic mass is 9.97. The lowest BCUT2D eigenvalue weighted by Gasteiger charge is -2.33. The van der Waals surface area contributed by atoms with Gasteiger partial charge in [-0.2, -0.15) is 0 Å². The molecule has 1 fully saturated rings. The van der Waals surface area contributed by atoms with Crippen LogP contribution in [0.3, 0.4) is 0 Å². The number of aromatic nitrogens is 1. The number of anilines is 2. The van der Waals surface area contributed by atoms with E-state index in [9.17, 15) is 9.90 Å². The average molecular weight is 313 g/mol. The second-order valence-corrected chi connectivity index (χ2v) is 6.48. The second-order valence-electron chi connectivity index (χ2n) is 6.48. The number of benzene rings is 1. The molecular formula is C18H23N3O2. The number of carboxylic acid groups (broad SMARTS) is 1. The van der Waals surface area contributed by atoms with Crippen LogP contribution in [0.1, 0.15) is 18.5 Å². The molecule has 1 aliphatic heterocycles. The zero-order valence-corrected chi connectivity index (χ0v) is 13.9. The van der Waals surface area contributed by atoms with Crippen molar-refractivity contribution >= 4 is 28.2 Å². The van der Waals surface area contributed by atoms with E-state index < -0.39 is 5.97 Å². The topological polar surface area (TPSA) is 56.7 Å². The summed E-state index contributed by atoms with van der Waals surface area (Å²) in [5.41, 5.74) is 2.11. The monoisotopic (exact) mass is 313 g/mol. The largest absolute Gasteiger partial charge is 0.481 e. The normalized spacial score (nSPS) is 18.2. The third-order valence-corrected chi connectivity index (χ3v) is 4.51. The number of pyridine rings is 1. The fourth-order valence-electron chi connectivity index (χ4n) is 3.37. The highest BCUT2D eigenvalue weighted by Crippen LogP contribution is 2.34. The minimum Gasteiger partial charge on any atom is -0.481 e. The molecule has 1 aromatic carbocycles. The van der Waals surface area contributed by atoms with Gasteiger partial charge in [0.05, 0.1) is 5.92 Å². The number of hydrogen-bond donors (Lipinski definition) is 1. The van der Waals surface area contributed by atoms with Crippen molar-refractivity contribution in [2.24, 2.45) is 5.92 Å². The molecule has 5 nitrogen and oxygen atoms in total. The molecular weight excluding hydrogens is 290 g/mol. The van der Waals surface area contributed by atoms with Crippen molar-refractivity contribution < 1.29 is 9.90 Å².